The maximum Gasteiger partial charge on any atom is 0.326 e. The van der Waals surface area contributed by atoms with Crippen molar-refractivity contribution in [3.05, 3.63) is 59.3 Å². The number of aliphatic carboxylic acids is 1. The molecular weight excluding hydrogens is 406 g/mol. The second-order valence-corrected chi connectivity index (χ2v) is 8.73. The van der Waals surface area contributed by atoms with Gasteiger partial charge in [-0.25, -0.2) is 9.78 Å². The summed E-state index contributed by atoms with van der Waals surface area (Å²) in [7, 11) is 0. The Bertz CT molecular complexity index is 928. The zero-order valence-corrected chi connectivity index (χ0v) is 18.3. The third-order valence-electron chi connectivity index (χ3n) is 6.35. The highest BCUT2D eigenvalue weighted by molar-refractivity contribution is 5.96. The van der Waals surface area contributed by atoms with E-state index in [0.29, 0.717) is 18.1 Å². The first-order chi connectivity index (χ1) is 15.6. The molecule has 0 spiro atoms. The fraction of sp³-hybridized carbons (Fsp3) is 0.480. The molecule has 1 amide bonds. The lowest BCUT2D eigenvalue weighted by Crippen LogP contribution is -2.42. The van der Waals surface area contributed by atoms with E-state index < -0.39 is 12.0 Å². The van der Waals surface area contributed by atoms with Crippen molar-refractivity contribution in [2.45, 2.75) is 57.1 Å². The molecule has 1 aliphatic carbocycles. The molecule has 1 fully saturated rings. The largest absolute Gasteiger partial charge is 0.480 e. The summed E-state index contributed by atoms with van der Waals surface area (Å²) in [4.78, 5) is 28.5. The fourth-order valence-electron chi connectivity index (χ4n) is 4.35. The van der Waals surface area contributed by atoms with Crippen molar-refractivity contribution in [2.24, 2.45) is 5.92 Å². The SMILES string of the molecule is O=C(N[C@@H](CCO[C@H]1C[C@H](CCc2ccc3c(n2)NCCC3)C1)C(=O)O)c1ccccc1. The quantitative estimate of drug-likeness (QED) is 0.526. The minimum atomic E-state index is -1.04. The first kappa shape index (κ1) is 22.3. The lowest BCUT2D eigenvalue weighted by Gasteiger charge is -2.35. The summed E-state index contributed by atoms with van der Waals surface area (Å²) >= 11 is 0. The minimum Gasteiger partial charge on any atom is -0.480 e. The van der Waals surface area contributed by atoms with Gasteiger partial charge in [0.05, 0.1) is 6.10 Å². The number of anilines is 1. The Morgan fingerprint density at radius 2 is 2.00 bits per heavy atom. The first-order valence-electron chi connectivity index (χ1n) is 11.5. The summed E-state index contributed by atoms with van der Waals surface area (Å²) < 4.78 is 5.86. The van der Waals surface area contributed by atoms with E-state index in [-0.39, 0.29) is 18.4 Å². The molecule has 1 saturated carbocycles. The summed E-state index contributed by atoms with van der Waals surface area (Å²) in [5.74, 6) is 0.249. The number of aryl methyl sites for hydroxylation is 2. The van der Waals surface area contributed by atoms with Crippen LogP contribution in [0.2, 0.25) is 0 Å². The number of hydrogen-bond acceptors (Lipinski definition) is 5. The van der Waals surface area contributed by atoms with Crippen LogP contribution in [0.4, 0.5) is 5.82 Å². The number of aromatic nitrogens is 1. The standard InChI is InChI=1S/C25H31N3O4/c29-24(19-5-2-1-3-6-19)28-22(25(30)31)12-14-32-21-15-17(16-21)8-10-20-11-9-18-7-4-13-26-23(18)27-20/h1-3,5-6,9,11,17,21-22H,4,7-8,10,12-16H2,(H,26,27)(H,28,29)(H,30,31)/t17-,21-,22-/m0/s1. The van der Waals surface area contributed by atoms with Gasteiger partial charge in [-0.15, -0.1) is 0 Å². The van der Waals surface area contributed by atoms with Crippen LogP contribution in [0.3, 0.4) is 0 Å². The summed E-state index contributed by atoms with van der Waals surface area (Å²) in [5, 5.41) is 15.4. The van der Waals surface area contributed by atoms with Crippen LogP contribution in [-0.2, 0) is 22.4 Å². The molecule has 7 heteroatoms. The number of carbonyl (C=O) groups is 2. The number of nitrogens with zero attached hydrogens (tertiary/aromatic N) is 1. The molecule has 1 aromatic heterocycles. The Balaban J connectivity index is 1.14. The zero-order valence-electron chi connectivity index (χ0n) is 18.3. The average molecular weight is 438 g/mol. The second kappa shape index (κ2) is 10.6. The summed E-state index contributed by atoms with van der Waals surface area (Å²) in [6, 6.07) is 12.0. The smallest absolute Gasteiger partial charge is 0.326 e. The van der Waals surface area contributed by atoms with Crippen LogP contribution in [0.25, 0.3) is 0 Å². The molecule has 32 heavy (non-hydrogen) atoms. The van der Waals surface area contributed by atoms with Gasteiger partial charge in [0, 0.05) is 30.8 Å². The van der Waals surface area contributed by atoms with Gasteiger partial charge in [0.15, 0.2) is 0 Å². The van der Waals surface area contributed by atoms with Gasteiger partial charge in [0.1, 0.15) is 11.9 Å². The minimum absolute atomic E-state index is 0.178. The van der Waals surface area contributed by atoms with Crippen LogP contribution in [-0.4, -0.2) is 47.3 Å². The number of carboxylic acids is 1. The molecule has 1 aromatic carbocycles. The van der Waals surface area contributed by atoms with Crippen LogP contribution in [0.5, 0.6) is 0 Å². The predicted octanol–water partition coefficient (Wildman–Crippen LogP) is 3.44. The van der Waals surface area contributed by atoms with E-state index >= 15 is 0 Å². The average Bonchev–Trinajstić information content (AvgIpc) is 2.79. The molecule has 2 aromatic rings. The van der Waals surface area contributed by atoms with Crippen LogP contribution >= 0.6 is 0 Å². The number of pyridine rings is 1. The number of amides is 1. The molecule has 170 valence electrons. The number of benzene rings is 1. The molecule has 7 nitrogen and oxygen atoms in total. The summed E-state index contributed by atoms with van der Waals surface area (Å²) in [6.07, 6.45) is 6.77. The van der Waals surface area contributed by atoms with Gasteiger partial charge in [0.2, 0.25) is 0 Å². The van der Waals surface area contributed by atoms with E-state index in [1.54, 1.807) is 24.3 Å². The Hall–Kier alpha value is -2.93. The highest BCUT2D eigenvalue weighted by Gasteiger charge is 2.30. The lowest BCUT2D eigenvalue weighted by atomic mass is 9.79. The first-order valence-corrected chi connectivity index (χ1v) is 11.5. The number of nitrogens with one attached hydrogen (secondary N) is 2. The van der Waals surface area contributed by atoms with Crippen molar-refractivity contribution in [3.63, 3.8) is 0 Å². The van der Waals surface area contributed by atoms with Crippen LogP contribution in [0, 0.1) is 5.92 Å². The van der Waals surface area contributed by atoms with Crippen molar-refractivity contribution in [1.82, 2.24) is 10.3 Å². The molecule has 0 unspecified atom stereocenters. The van der Waals surface area contributed by atoms with Crippen molar-refractivity contribution in [2.75, 3.05) is 18.5 Å². The maximum atomic E-state index is 12.2. The summed E-state index contributed by atoms with van der Waals surface area (Å²) in [5.41, 5.74) is 2.91. The van der Waals surface area contributed by atoms with Gasteiger partial charge in [-0.05, 0) is 68.2 Å². The van der Waals surface area contributed by atoms with Crippen LogP contribution in [0.1, 0.15) is 53.7 Å². The number of carbonyl (C=O) groups excluding carboxylic acids is 1. The van der Waals surface area contributed by atoms with E-state index in [2.05, 4.69) is 22.8 Å². The van der Waals surface area contributed by atoms with Gasteiger partial charge in [0.25, 0.3) is 5.91 Å². The molecule has 3 N–H and O–H groups in total. The van der Waals surface area contributed by atoms with Gasteiger partial charge in [-0.3, -0.25) is 4.79 Å². The van der Waals surface area contributed by atoms with Gasteiger partial charge in [-0.1, -0.05) is 24.3 Å². The van der Waals surface area contributed by atoms with Gasteiger partial charge >= 0.3 is 5.97 Å². The van der Waals surface area contributed by atoms with E-state index in [1.807, 2.05) is 6.07 Å². The monoisotopic (exact) mass is 437 g/mol. The van der Waals surface area contributed by atoms with E-state index in [4.69, 9.17) is 9.72 Å². The fourth-order valence-corrected chi connectivity index (χ4v) is 4.35. The molecule has 1 aliphatic heterocycles. The maximum absolute atomic E-state index is 12.2. The highest BCUT2D eigenvalue weighted by atomic mass is 16.5. The zero-order chi connectivity index (χ0) is 22.3. The summed E-state index contributed by atoms with van der Waals surface area (Å²) in [6.45, 7) is 1.32. The van der Waals surface area contributed by atoms with Gasteiger partial charge < -0.3 is 20.5 Å². The third-order valence-corrected chi connectivity index (χ3v) is 6.35. The second-order valence-electron chi connectivity index (χ2n) is 8.73. The van der Waals surface area contributed by atoms with Crippen LogP contribution in [0.15, 0.2) is 42.5 Å². The molecule has 2 aliphatic rings. The molecule has 1 atom stereocenters. The van der Waals surface area contributed by atoms with Crippen LogP contribution < -0.4 is 10.6 Å². The third kappa shape index (κ3) is 5.85. The number of ether oxygens (including phenoxy) is 1. The molecule has 0 bridgehead atoms. The molecule has 0 saturated heterocycles. The Morgan fingerprint density at radius 3 is 2.78 bits per heavy atom. The van der Waals surface area contributed by atoms with Crippen molar-refractivity contribution in [3.8, 4) is 0 Å². The number of rotatable bonds is 10. The molecular formula is C25H31N3O4. The number of hydrogen-bond donors (Lipinski definition) is 3. The van der Waals surface area contributed by atoms with Crippen molar-refractivity contribution in [1.29, 1.82) is 0 Å². The van der Waals surface area contributed by atoms with Gasteiger partial charge in [-0.2, -0.15) is 0 Å². The Morgan fingerprint density at radius 1 is 1.19 bits per heavy atom. The molecule has 2 heterocycles. The van der Waals surface area contributed by atoms with E-state index in [0.717, 1.165) is 50.2 Å². The lowest BCUT2D eigenvalue weighted by molar-refractivity contribution is -0.140. The number of carboxylic acid groups (broad SMARTS) is 1. The highest BCUT2D eigenvalue weighted by Crippen LogP contribution is 2.34. The van der Waals surface area contributed by atoms with E-state index in [1.165, 1.54) is 12.0 Å². The van der Waals surface area contributed by atoms with Crippen molar-refractivity contribution >= 4 is 17.7 Å². The topological polar surface area (TPSA) is 101 Å². The Kier molecular flexibility index (Phi) is 7.37. The normalized spacial score (nSPS) is 20.4. The number of fused-ring (bicyclic) bond motifs is 1. The predicted molar refractivity (Wildman–Crippen MR) is 122 cm³/mol. The van der Waals surface area contributed by atoms with Crippen molar-refractivity contribution < 1.29 is 19.4 Å². The molecule has 4 rings (SSSR count). The Labute approximate surface area is 188 Å². The van der Waals surface area contributed by atoms with E-state index in [9.17, 15) is 14.7 Å². The molecule has 0 radical (unpaired) electrons.